The number of nitrogens with zero attached hydrogens (tertiary/aromatic N) is 2. The predicted octanol–water partition coefficient (Wildman–Crippen LogP) is 4.42. The number of hydrogen-bond donors (Lipinski definition) is 0. The van der Waals surface area contributed by atoms with Gasteiger partial charge in [0.25, 0.3) is 6.71 Å². The van der Waals surface area contributed by atoms with Crippen LogP contribution in [-0.2, 0) is 0 Å². The van der Waals surface area contributed by atoms with Gasteiger partial charge in [-0.1, -0.05) is 31.3 Å². The lowest BCUT2D eigenvalue weighted by atomic mass is 9.48. The van der Waals surface area contributed by atoms with Crippen LogP contribution in [0, 0.1) is 25.1 Å². The standard InChI is InChI=1S/C19H21BN2O/c1-13-11-22-14(2)9-18(13)17-6-4-5-16-15(10-20(3)12-21)7-8-23-19(16)17/h4-6,9,11,15H,7-8,10H2,1-3H3. The van der Waals surface area contributed by atoms with Gasteiger partial charge in [0.05, 0.1) is 6.61 Å². The molecular formula is C19H21BN2O. The minimum Gasteiger partial charge on any atom is -0.493 e. The van der Waals surface area contributed by atoms with Crippen LogP contribution in [0.25, 0.3) is 11.1 Å². The van der Waals surface area contributed by atoms with Crippen LogP contribution in [0.2, 0.25) is 13.1 Å². The molecule has 1 aromatic carbocycles. The summed E-state index contributed by atoms with van der Waals surface area (Å²) in [6, 6.07) is 8.49. The fourth-order valence-electron chi connectivity index (χ4n) is 3.35. The van der Waals surface area contributed by atoms with Gasteiger partial charge >= 0.3 is 0 Å². The highest BCUT2D eigenvalue weighted by Gasteiger charge is 2.26. The number of para-hydroxylation sites is 1. The van der Waals surface area contributed by atoms with Crippen molar-refractivity contribution in [2.45, 2.75) is 39.3 Å². The second-order valence-electron chi connectivity index (χ2n) is 6.46. The first-order valence-corrected chi connectivity index (χ1v) is 8.19. The molecular weight excluding hydrogens is 283 g/mol. The van der Waals surface area contributed by atoms with E-state index < -0.39 is 0 Å². The van der Waals surface area contributed by atoms with Crippen molar-refractivity contribution in [3.63, 3.8) is 0 Å². The Morgan fingerprint density at radius 2 is 2.17 bits per heavy atom. The average molecular weight is 304 g/mol. The van der Waals surface area contributed by atoms with Crippen molar-refractivity contribution in [3.8, 4) is 22.8 Å². The van der Waals surface area contributed by atoms with E-state index in [4.69, 9.17) is 10.00 Å². The van der Waals surface area contributed by atoms with E-state index >= 15 is 0 Å². The lowest BCUT2D eigenvalue weighted by molar-refractivity contribution is 0.273. The molecule has 0 saturated carbocycles. The molecule has 0 N–H and O–H groups in total. The first-order valence-electron chi connectivity index (χ1n) is 8.19. The van der Waals surface area contributed by atoms with Gasteiger partial charge in [0.1, 0.15) is 5.75 Å². The van der Waals surface area contributed by atoms with Crippen LogP contribution in [0.4, 0.5) is 0 Å². The molecule has 116 valence electrons. The van der Waals surface area contributed by atoms with E-state index in [1.165, 1.54) is 11.1 Å². The number of aromatic nitrogens is 1. The monoisotopic (exact) mass is 304 g/mol. The molecule has 3 rings (SSSR count). The van der Waals surface area contributed by atoms with E-state index in [-0.39, 0.29) is 6.71 Å². The van der Waals surface area contributed by atoms with Crippen LogP contribution in [0.5, 0.6) is 5.75 Å². The molecule has 1 aliphatic rings. The van der Waals surface area contributed by atoms with E-state index in [1.807, 2.05) is 19.9 Å². The molecule has 2 aromatic rings. The van der Waals surface area contributed by atoms with Crippen molar-refractivity contribution in [3.05, 3.63) is 47.3 Å². The van der Waals surface area contributed by atoms with Crippen molar-refractivity contribution in [2.24, 2.45) is 0 Å². The third kappa shape index (κ3) is 3.10. The van der Waals surface area contributed by atoms with Crippen molar-refractivity contribution >= 4 is 6.71 Å². The summed E-state index contributed by atoms with van der Waals surface area (Å²) in [7, 11) is 0. The molecule has 3 nitrogen and oxygen atoms in total. The number of pyridine rings is 1. The molecule has 1 atom stereocenters. The van der Waals surface area contributed by atoms with Crippen LogP contribution >= 0.6 is 0 Å². The van der Waals surface area contributed by atoms with Crippen LogP contribution in [0.3, 0.4) is 0 Å². The summed E-state index contributed by atoms with van der Waals surface area (Å²) in [6.45, 7) is 6.88. The predicted molar refractivity (Wildman–Crippen MR) is 94.0 cm³/mol. The number of fused-ring (bicyclic) bond motifs is 1. The minimum atomic E-state index is 0.0690. The van der Waals surface area contributed by atoms with Crippen molar-refractivity contribution in [1.82, 2.24) is 4.98 Å². The lowest BCUT2D eigenvalue weighted by Gasteiger charge is -2.28. The molecule has 0 fully saturated rings. The molecule has 4 heteroatoms. The second kappa shape index (κ2) is 6.46. The van der Waals surface area contributed by atoms with Crippen LogP contribution in [0.1, 0.15) is 29.2 Å². The van der Waals surface area contributed by atoms with Gasteiger partial charge in [0.15, 0.2) is 0 Å². The van der Waals surface area contributed by atoms with Gasteiger partial charge in [-0.15, -0.1) is 0 Å². The zero-order valence-electron chi connectivity index (χ0n) is 14.0. The smallest absolute Gasteiger partial charge is 0.265 e. The van der Waals surface area contributed by atoms with Gasteiger partial charge in [-0.25, -0.2) is 5.26 Å². The Hall–Kier alpha value is -2.28. The summed E-state index contributed by atoms with van der Waals surface area (Å²) in [4.78, 5) is 4.37. The van der Waals surface area contributed by atoms with Crippen LogP contribution in [-0.4, -0.2) is 18.3 Å². The number of benzene rings is 1. The summed E-state index contributed by atoms with van der Waals surface area (Å²) in [5.41, 5.74) is 5.72. The largest absolute Gasteiger partial charge is 0.493 e. The van der Waals surface area contributed by atoms with Crippen LogP contribution in [0.15, 0.2) is 30.5 Å². The zero-order chi connectivity index (χ0) is 16.4. The number of nitriles is 1. The van der Waals surface area contributed by atoms with Gasteiger partial charge in [0, 0.05) is 23.4 Å². The van der Waals surface area contributed by atoms with E-state index in [1.54, 1.807) is 0 Å². The maximum absolute atomic E-state index is 9.12. The molecule has 23 heavy (non-hydrogen) atoms. The maximum atomic E-state index is 9.12. The van der Waals surface area contributed by atoms with Gasteiger partial charge in [0.2, 0.25) is 0 Å². The van der Waals surface area contributed by atoms with Gasteiger partial charge < -0.3 is 4.74 Å². The topological polar surface area (TPSA) is 45.9 Å². The van der Waals surface area contributed by atoms with Crippen molar-refractivity contribution in [1.29, 1.82) is 5.26 Å². The Balaban J connectivity index is 2.07. The fourth-order valence-corrected chi connectivity index (χ4v) is 3.35. The van der Waals surface area contributed by atoms with E-state index in [0.29, 0.717) is 5.92 Å². The Bertz CT molecular complexity index is 766. The molecule has 1 unspecified atom stereocenters. The molecule has 0 saturated heterocycles. The number of rotatable bonds is 3. The van der Waals surface area contributed by atoms with Gasteiger partial charge in [-0.3, -0.25) is 4.98 Å². The Morgan fingerprint density at radius 3 is 2.96 bits per heavy atom. The summed E-state index contributed by atoms with van der Waals surface area (Å²) < 4.78 is 6.05. The zero-order valence-corrected chi connectivity index (χ0v) is 14.0. The summed E-state index contributed by atoms with van der Waals surface area (Å²) in [6.07, 6.45) is 3.80. The fraction of sp³-hybridized carbons (Fsp3) is 0.368. The molecule has 2 heterocycles. The summed E-state index contributed by atoms with van der Waals surface area (Å²) >= 11 is 0. The van der Waals surface area contributed by atoms with Gasteiger partial charge in [-0.05, 0) is 48.9 Å². The highest BCUT2D eigenvalue weighted by atomic mass is 16.5. The van der Waals surface area contributed by atoms with Crippen LogP contribution < -0.4 is 4.74 Å². The van der Waals surface area contributed by atoms with E-state index in [2.05, 4.69) is 42.1 Å². The third-order valence-electron chi connectivity index (χ3n) is 4.59. The van der Waals surface area contributed by atoms with E-state index in [0.717, 1.165) is 41.9 Å². The molecule has 1 aromatic heterocycles. The normalized spacial score (nSPS) is 16.2. The first-order chi connectivity index (χ1) is 11.1. The number of hydrogen-bond acceptors (Lipinski definition) is 3. The average Bonchev–Trinajstić information content (AvgIpc) is 2.57. The molecule has 0 aliphatic carbocycles. The number of aryl methyl sites for hydroxylation is 2. The lowest BCUT2D eigenvalue weighted by Crippen LogP contribution is -2.19. The molecule has 0 spiro atoms. The number of ether oxygens (including phenoxy) is 1. The Labute approximate surface area is 138 Å². The molecule has 0 radical (unpaired) electrons. The summed E-state index contributed by atoms with van der Waals surface area (Å²) in [5.74, 6) is 3.74. The highest BCUT2D eigenvalue weighted by Crippen LogP contribution is 2.43. The first kappa shape index (κ1) is 15.6. The molecule has 1 aliphatic heterocycles. The third-order valence-corrected chi connectivity index (χ3v) is 4.59. The minimum absolute atomic E-state index is 0.0690. The van der Waals surface area contributed by atoms with Crippen molar-refractivity contribution in [2.75, 3.05) is 6.61 Å². The Kier molecular flexibility index (Phi) is 4.38. The molecule has 0 bridgehead atoms. The second-order valence-corrected chi connectivity index (χ2v) is 6.46. The SMILES string of the molecule is CB(C#N)CC1CCOc2c(-c3cc(C)ncc3C)cccc21. The maximum Gasteiger partial charge on any atom is 0.265 e. The molecule has 0 amide bonds. The van der Waals surface area contributed by atoms with E-state index in [9.17, 15) is 0 Å². The highest BCUT2D eigenvalue weighted by molar-refractivity contribution is 6.65. The quantitative estimate of drug-likeness (QED) is 0.789. The van der Waals surface area contributed by atoms with Gasteiger partial charge in [-0.2, -0.15) is 0 Å². The Morgan fingerprint density at radius 1 is 1.35 bits per heavy atom. The van der Waals surface area contributed by atoms with Crippen molar-refractivity contribution < 1.29 is 4.74 Å². The summed E-state index contributed by atoms with van der Waals surface area (Å²) in [5, 5.41) is 9.12.